The average molecular weight is 252 g/mol. The lowest BCUT2D eigenvalue weighted by Crippen LogP contribution is -1.95. The van der Waals surface area contributed by atoms with Crippen LogP contribution in [0.5, 0.6) is 0 Å². The molecular formula is C12H14BrN. The van der Waals surface area contributed by atoms with Crippen LogP contribution in [0.15, 0.2) is 28.7 Å². The molecule has 1 aliphatic carbocycles. The molecule has 0 amide bonds. The summed E-state index contributed by atoms with van der Waals surface area (Å²) in [6, 6.07) is 6.54. The first-order valence-electron chi connectivity index (χ1n) is 4.99. The predicted molar refractivity (Wildman–Crippen MR) is 64.1 cm³/mol. The van der Waals surface area contributed by atoms with E-state index in [1.54, 1.807) is 0 Å². The van der Waals surface area contributed by atoms with Gasteiger partial charge in [0.15, 0.2) is 0 Å². The van der Waals surface area contributed by atoms with Crippen LogP contribution in [-0.2, 0) is 6.42 Å². The molecule has 0 unspecified atom stereocenters. The topological polar surface area (TPSA) is 26.0 Å². The van der Waals surface area contributed by atoms with Crippen molar-refractivity contribution < 1.29 is 0 Å². The molecule has 14 heavy (non-hydrogen) atoms. The van der Waals surface area contributed by atoms with Gasteiger partial charge in [-0.25, -0.2) is 0 Å². The van der Waals surface area contributed by atoms with Crippen LogP contribution in [-0.4, -0.2) is 6.54 Å². The number of rotatable bonds is 2. The van der Waals surface area contributed by atoms with E-state index < -0.39 is 0 Å². The summed E-state index contributed by atoms with van der Waals surface area (Å²) in [5.74, 6) is 0. The van der Waals surface area contributed by atoms with Crippen molar-refractivity contribution in [3.8, 4) is 0 Å². The number of benzene rings is 1. The van der Waals surface area contributed by atoms with Crippen molar-refractivity contribution in [1.82, 2.24) is 0 Å². The molecule has 0 aromatic heterocycles. The van der Waals surface area contributed by atoms with Gasteiger partial charge in [-0.3, -0.25) is 0 Å². The Morgan fingerprint density at radius 3 is 3.00 bits per heavy atom. The molecule has 1 nitrogen and oxygen atoms in total. The summed E-state index contributed by atoms with van der Waals surface area (Å²) in [5.41, 5.74) is 9.85. The summed E-state index contributed by atoms with van der Waals surface area (Å²) in [6.45, 7) is 0.743. The third-order valence-corrected chi connectivity index (χ3v) is 3.13. The summed E-state index contributed by atoms with van der Waals surface area (Å²) in [4.78, 5) is 0. The zero-order valence-electron chi connectivity index (χ0n) is 8.09. The van der Waals surface area contributed by atoms with E-state index >= 15 is 0 Å². The third kappa shape index (κ3) is 1.91. The second-order valence-electron chi connectivity index (χ2n) is 3.61. The fraction of sp³-hybridized carbons (Fsp3) is 0.333. The smallest absolute Gasteiger partial charge is 0.0181 e. The van der Waals surface area contributed by atoms with E-state index in [2.05, 4.69) is 40.2 Å². The fourth-order valence-electron chi connectivity index (χ4n) is 1.94. The molecule has 0 spiro atoms. The zero-order valence-corrected chi connectivity index (χ0v) is 9.68. The quantitative estimate of drug-likeness (QED) is 0.859. The molecule has 0 radical (unpaired) electrons. The first kappa shape index (κ1) is 9.94. The van der Waals surface area contributed by atoms with Crippen molar-refractivity contribution in [3.63, 3.8) is 0 Å². The molecule has 0 fully saturated rings. The van der Waals surface area contributed by atoms with E-state index in [1.165, 1.54) is 29.5 Å². The molecule has 0 bridgehead atoms. The Morgan fingerprint density at radius 2 is 2.21 bits per heavy atom. The SMILES string of the molecule is NCC/C=C1/CCc2ccc(Br)cc21. The Morgan fingerprint density at radius 1 is 1.36 bits per heavy atom. The highest BCUT2D eigenvalue weighted by Gasteiger charge is 2.15. The summed E-state index contributed by atoms with van der Waals surface area (Å²) in [7, 11) is 0. The molecule has 1 aliphatic rings. The number of allylic oxidation sites excluding steroid dienone is 1. The van der Waals surface area contributed by atoms with Gasteiger partial charge in [0, 0.05) is 4.47 Å². The number of fused-ring (bicyclic) bond motifs is 1. The van der Waals surface area contributed by atoms with Gasteiger partial charge in [-0.2, -0.15) is 0 Å². The molecular weight excluding hydrogens is 238 g/mol. The van der Waals surface area contributed by atoms with Crippen LogP contribution in [0.25, 0.3) is 5.57 Å². The van der Waals surface area contributed by atoms with Crippen molar-refractivity contribution in [2.24, 2.45) is 5.73 Å². The molecule has 74 valence electrons. The van der Waals surface area contributed by atoms with Crippen LogP contribution < -0.4 is 5.73 Å². The molecule has 0 heterocycles. The number of aryl methyl sites for hydroxylation is 1. The third-order valence-electron chi connectivity index (χ3n) is 2.64. The van der Waals surface area contributed by atoms with E-state index in [1.807, 2.05) is 0 Å². The molecule has 1 aromatic carbocycles. The lowest BCUT2D eigenvalue weighted by atomic mass is 10.1. The van der Waals surface area contributed by atoms with Gasteiger partial charge in [0.25, 0.3) is 0 Å². The first-order valence-corrected chi connectivity index (χ1v) is 5.78. The van der Waals surface area contributed by atoms with Gasteiger partial charge in [-0.05, 0) is 54.6 Å². The largest absolute Gasteiger partial charge is 0.330 e. The number of hydrogen-bond donors (Lipinski definition) is 1. The van der Waals surface area contributed by atoms with Gasteiger partial charge in [-0.1, -0.05) is 28.1 Å². The van der Waals surface area contributed by atoms with E-state index in [4.69, 9.17) is 5.73 Å². The van der Waals surface area contributed by atoms with Gasteiger partial charge < -0.3 is 5.73 Å². The molecule has 0 saturated heterocycles. The zero-order chi connectivity index (χ0) is 9.97. The van der Waals surface area contributed by atoms with Crippen LogP contribution in [0.3, 0.4) is 0 Å². The van der Waals surface area contributed by atoms with Crippen molar-refractivity contribution in [2.45, 2.75) is 19.3 Å². The number of nitrogens with two attached hydrogens (primary N) is 1. The standard InChI is InChI=1S/C12H14BrN/c13-11-6-5-10-4-3-9(2-1-7-14)12(10)8-11/h2,5-6,8H,1,3-4,7,14H2/b9-2-. The van der Waals surface area contributed by atoms with E-state index in [9.17, 15) is 0 Å². The van der Waals surface area contributed by atoms with Gasteiger partial charge in [0.2, 0.25) is 0 Å². The van der Waals surface area contributed by atoms with Gasteiger partial charge >= 0.3 is 0 Å². The minimum absolute atomic E-state index is 0.743. The van der Waals surface area contributed by atoms with Crippen LogP contribution >= 0.6 is 15.9 Å². The highest BCUT2D eigenvalue weighted by atomic mass is 79.9. The summed E-state index contributed by atoms with van der Waals surface area (Å²) >= 11 is 3.51. The summed E-state index contributed by atoms with van der Waals surface area (Å²) in [6.07, 6.45) is 5.62. The van der Waals surface area contributed by atoms with Crippen LogP contribution in [0.1, 0.15) is 24.0 Å². The minimum atomic E-state index is 0.743. The first-order chi connectivity index (χ1) is 6.81. The summed E-state index contributed by atoms with van der Waals surface area (Å²) in [5, 5.41) is 0. The van der Waals surface area contributed by atoms with Crippen LogP contribution in [0.2, 0.25) is 0 Å². The normalized spacial score (nSPS) is 17.4. The monoisotopic (exact) mass is 251 g/mol. The molecule has 2 rings (SSSR count). The Hall–Kier alpha value is -0.600. The van der Waals surface area contributed by atoms with Crippen molar-refractivity contribution in [1.29, 1.82) is 0 Å². The Kier molecular flexibility index (Phi) is 3.04. The van der Waals surface area contributed by atoms with E-state index in [0.29, 0.717) is 0 Å². The molecule has 2 heteroatoms. The van der Waals surface area contributed by atoms with Gasteiger partial charge in [-0.15, -0.1) is 0 Å². The molecule has 0 atom stereocenters. The molecule has 0 saturated carbocycles. The van der Waals surface area contributed by atoms with E-state index in [-0.39, 0.29) is 0 Å². The predicted octanol–water partition coefficient (Wildman–Crippen LogP) is 3.13. The molecule has 1 aromatic rings. The second kappa shape index (κ2) is 4.28. The fourth-order valence-corrected chi connectivity index (χ4v) is 2.30. The number of halogens is 1. The molecule has 2 N–H and O–H groups in total. The number of hydrogen-bond acceptors (Lipinski definition) is 1. The van der Waals surface area contributed by atoms with Crippen molar-refractivity contribution in [3.05, 3.63) is 39.9 Å². The maximum Gasteiger partial charge on any atom is 0.0181 e. The van der Waals surface area contributed by atoms with E-state index in [0.717, 1.165) is 17.4 Å². The lowest BCUT2D eigenvalue weighted by Gasteiger charge is -2.01. The Balaban J connectivity index is 2.33. The van der Waals surface area contributed by atoms with Crippen LogP contribution in [0, 0.1) is 0 Å². The highest BCUT2D eigenvalue weighted by molar-refractivity contribution is 9.10. The Labute approximate surface area is 93.1 Å². The lowest BCUT2D eigenvalue weighted by molar-refractivity contribution is 1.000. The van der Waals surface area contributed by atoms with Crippen molar-refractivity contribution in [2.75, 3.05) is 6.54 Å². The second-order valence-corrected chi connectivity index (χ2v) is 4.52. The minimum Gasteiger partial charge on any atom is -0.330 e. The van der Waals surface area contributed by atoms with Crippen LogP contribution in [0.4, 0.5) is 0 Å². The maximum absolute atomic E-state index is 5.50. The Bertz CT molecular complexity index is 369. The van der Waals surface area contributed by atoms with Gasteiger partial charge in [0.1, 0.15) is 0 Å². The maximum atomic E-state index is 5.50. The molecule has 0 aliphatic heterocycles. The summed E-state index contributed by atoms with van der Waals surface area (Å²) < 4.78 is 1.16. The van der Waals surface area contributed by atoms with Crippen molar-refractivity contribution >= 4 is 21.5 Å². The highest BCUT2D eigenvalue weighted by Crippen LogP contribution is 2.34. The average Bonchev–Trinajstić information content (AvgIpc) is 2.57. The van der Waals surface area contributed by atoms with Gasteiger partial charge in [0.05, 0.1) is 0 Å².